The Balaban J connectivity index is 1.53. The lowest BCUT2D eigenvalue weighted by molar-refractivity contribution is -0.113. The number of nitrogens with one attached hydrogen (secondary N) is 2. The smallest absolute Gasteiger partial charge is 0.253 e. The molecule has 4 nitrogen and oxygen atoms in total. The molecule has 154 valence electrons. The van der Waals surface area contributed by atoms with E-state index in [1.54, 1.807) is 36.4 Å². The third-order valence-electron chi connectivity index (χ3n) is 4.23. The van der Waals surface area contributed by atoms with Crippen molar-refractivity contribution in [2.45, 2.75) is 12.3 Å². The maximum absolute atomic E-state index is 12.6. The highest BCUT2D eigenvalue weighted by Crippen LogP contribution is 2.25. The second-order valence-electron chi connectivity index (χ2n) is 6.50. The monoisotopic (exact) mass is 458 g/mol. The van der Waals surface area contributed by atoms with Gasteiger partial charge in [0.05, 0.1) is 27.0 Å². The van der Waals surface area contributed by atoms with E-state index in [9.17, 15) is 9.59 Å². The first-order chi connectivity index (χ1) is 14.5. The molecule has 0 atom stereocenters. The van der Waals surface area contributed by atoms with Crippen LogP contribution in [-0.2, 0) is 17.1 Å². The van der Waals surface area contributed by atoms with Crippen LogP contribution < -0.4 is 10.6 Å². The Morgan fingerprint density at radius 2 is 1.57 bits per heavy atom. The van der Waals surface area contributed by atoms with Gasteiger partial charge in [0.15, 0.2) is 0 Å². The largest absolute Gasteiger partial charge is 0.348 e. The Morgan fingerprint density at radius 1 is 0.833 bits per heavy atom. The predicted molar refractivity (Wildman–Crippen MR) is 125 cm³/mol. The lowest BCUT2D eigenvalue weighted by Crippen LogP contribution is -2.25. The molecular weight excluding hydrogens is 439 g/mol. The van der Waals surface area contributed by atoms with E-state index in [1.165, 1.54) is 11.8 Å². The standard InChI is InChI=1S/C23H20Cl2N2O2S/c24-19-11-10-17(12-20(19)25)14-30-15-22(28)27-21-9-5-4-8-18(21)23(29)26-13-16-6-2-1-3-7-16/h1-12H,13-15H2,(H,26,29)(H,27,28). The quantitative estimate of drug-likeness (QED) is 0.448. The summed E-state index contributed by atoms with van der Waals surface area (Å²) in [5.74, 6) is 0.464. The summed E-state index contributed by atoms with van der Waals surface area (Å²) in [5, 5.41) is 6.71. The van der Waals surface area contributed by atoms with Gasteiger partial charge >= 0.3 is 0 Å². The number of halogens is 2. The van der Waals surface area contributed by atoms with E-state index >= 15 is 0 Å². The van der Waals surface area contributed by atoms with Crippen molar-refractivity contribution < 1.29 is 9.59 Å². The van der Waals surface area contributed by atoms with Crippen molar-refractivity contribution in [2.75, 3.05) is 11.1 Å². The number of rotatable bonds is 8. The second-order valence-corrected chi connectivity index (χ2v) is 8.30. The number of carbonyl (C=O) groups is 2. The van der Waals surface area contributed by atoms with Crippen LogP contribution >= 0.6 is 35.0 Å². The maximum atomic E-state index is 12.6. The Bertz CT molecular complexity index is 1030. The zero-order valence-electron chi connectivity index (χ0n) is 16.0. The van der Waals surface area contributed by atoms with E-state index in [2.05, 4.69) is 10.6 Å². The molecule has 3 aromatic carbocycles. The van der Waals surface area contributed by atoms with E-state index in [0.29, 0.717) is 33.6 Å². The maximum Gasteiger partial charge on any atom is 0.253 e. The minimum atomic E-state index is -0.238. The number of hydrogen-bond donors (Lipinski definition) is 2. The molecule has 0 aromatic heterocycles. The zero-order valence-corrected chi connectivity index (χ0v) is 18.4. The Labute approximate surface area is 190 Å². The highest BCUT2D eigenvalue weighted by Gasteiger charge is 2.13. The van der Waals surface area contributed by atoms with Gasteiger partial charge in [0.25, 0.3) is 5.91 Å². The number of amides is 2. The van der Waals surface area contributed by atoms with Crippen LogP contribution in [0, 0.1) is 0 Å². The van der Waals surface area contributed by atoms with Crippen molar-refractivity contribution in [3.63, 3.8) is 0 Å². The fraction of sp³-hybridized carbons (Fsp3) is 0.130. The molecule has 0 spiro atoms. The minimum Gasteiger partial charge on any atom is -0.348 e. The van der Waals surface area contributed by atoms with E-state index in [4.69, 9.17) is 23.2 Å². The molecule has 0 saturated carbocycles. The summed E-state index contributed by atoms with van der Waals surface area (Å²) in [7, 11) is 0. The molecular formula is C23H20Cl2N2O2S. The van der Waals surface area contributed by atoms with Gasteiger partial charge in [-0.2, -0.15) is 0 Å². The summed E-state index contributed by atoms with van der Waals surface area (Å²) >= 11 is 13.4. The number of carbonyl (C=O) groups excluding carboxylic acids is 2. The van der Waals surface area contributed by atoms with E-state index in [0.717, 1.165) is 11.1 Å². The van der Waals surface area contributed by atoms with Gasteiger partial charge in [-0.25, -0.2) is 0 Å². The van der Waals surface area contributed by atoms with Crippen molar-refractivity contribution >= 4 is 52.5 Å². The number of thioether (sulfide) groups is 1. The number of benzene rings is 3. The topological polar surface area (TPSA) is 58.2 Å². The third kappa shape index (κ3) is 6.52. The lowest BCUT2D eigenvalue weighted by Gasteiger charge is -2.11. The summed E-state index contributed by atoms with van der Waals surface area (Å²) in [6, 6.07) is 22.0. The third-order valence-corrected chi connectivity index (χ3v) is 5.97. The number of anilines is 1. The highest BCUT2D eigenvalue weighted by atomic mass is 35.5. The fourth-order valence-electron chi connectivity index (χ4n) is 2.74. The molecule has 0 saturated heterocycles. The van der Waals surface area contributed by atoms with Crippen LogP contribution in [0.5, 0.6) is 0 Å². The SMILES string of the molecule is O=C(CSCc1ccc(Cl)c(Cl)c1)Nc1ccccc1C(=O)NCc1ccccc1. The average molecular weight is 459 g/mol. The van der Waals surface area contributed by atoms with Gasteiger partial charge in [-0.3, -0.25) is 9.59 Å². The van der Waals surface area contributed by atoms with E-state index in [-0.39, 0.29) is 17.6 Å². The molecule has 0 unspecified atom stereocenters. The molecule has 0 bridgehead atoms. The van der Waals surface area contributed by atoms with Gasteiger partial charge in [0.1, 0.15) is 0 Å². The van der Waals surface area contributed by atoms with E-state index < -0.39 is 0 Å². The Morgan fingerprint density at radius 3 is 2.33 bits per heavy atom. The van der Waals surface area contributed by atoms with Crippen molar-refractivity contribution in [3.05, 3.63) is 99.5 Å². The van der Waals surface area contributed by atoms with Crippen molar-refractivity contribution in [3.8, 4) is 0 Å². The molecule has 0 fully saturated rings. The molecule has 0 aliphatic carbocycles. The molecule has 0 radical (unpaired) electrons. The van der Waals surface area contributed by atoms with Gasteiger partial charge in [-0.15, -0.1) is 11.8 Å². The predicted octanol–water partition coefficient (Wildman–Crippen LogP) is 5.80. The molecule has 0 aliphatic heterocycles. The molecule has 2 N–H and O–H groups in total. The summed E-state index contributed by atoms with van der Waals surface area (Å²) in [5.41, 5.74) is 2.91. The first-order valence-electron chi connectivity index (χ1n) is 9.25. The average Bonchev–Trinajstić information content (AvgIpc) is 2.75. The molecule has 0 heterocycles. The van der Waals surface area contributed by atoms with Crippen LogP contribution in [0.3, 0.4) is 0 Å². The van der Waals surface area contributed by atoms with Crippen molar-refractivity contribution in [1.29, 1.82) is 0 Å². The minimum absolute atomic E-state index is 0.177. The molecule has 7 heteroatoms. The lowest BCUT2D eigenvalue weighted by atomic mass is 10.1. The van der Waals surface area contributed by atoms with Crippen LogP contribution in [0.15, 0.2) is 72.8 Å². The van der Waals surface area contributed by atoms with Gasteiger partial charge in [-0.05, 0) is 35.4 Å². The molecule has 3 rings (SSSR count). The number of hydrogen-bond acceptors (Lipinski definition) is 3. The summed E-state index contributed by atoms with van der Waals surface area (Å²) < 4.78 is 0. The fourth-order valence-corrected chi connectivity index (χ4v) is 3.84. The van der Waals surface area contributed by atoms with Crippen LogP contribution in [0.1, 0.15) is 21.5 Å². The summed E-state index contributed by atoms with van der Waals surface area (Å²) in [6.45, 7) is 0.418. The molecule has 3 aromatic rings. The van der Waals surface area contributed by atoms with Gasteiger partial charge in [-0.1, -0.05) is 71.7 Å². The van der Waals surface area contributed by atoms with Gasteiger partial charge < -0.3 is 10.6 Å². The highest BCUT2D eigenvalue weighted by molar-refractivity contribution is 7.99. The Hall–Kier alpha value is -2.47. The molecule has 30 heavy (non-hydrogen) atoms. The normalized spacial score (nSPS) is 10.5. The molecule has 2 amide bonds. The Kier molecular flexibility index (Phi) is 8.20. The first kappa shape index (κ1) is 22.2. The first-order valence-corrected chi connectivity index (χ1v) is 11.2. The van der Waals surface area contributed by atoms with Gasteiger partial charge in [0, 0.05) is 12.3 Å². The molecule has 0 aliphatic rings. The van der Waals surface area contributed by atoms with Gasteiger partial charge in [0.2, 0.25) is 5.91 Å². The van der Waals surface area contributed by atoms with Crippen LogP contribution in [-0.4, -0.2) is 17.6 Å². The van der Waals surface area contributed by atoms with Crippen LogP contribution in [0.4, 0.5) is 5.69 Å². The summed E-state index contributed by atoms with van der Waals surface area (Å²) in [6.07, 6.45) is 0. The number of para-hydroxylation sites is 1. The summed E-state index contributed by atoms with van der Waals surface area (Å²) in [4.78, 5) is 25.0. The van der Waals surface area contributed by atoms with Crippen LogP contribution in [0.25, 0.3) is 0 Å². The zero-order chi connectivity index (χ0) is 21.3. The van der Waals surface area contributed by atoms with Crippen molar-refractivity contribution in [2.24, 2.45) is 0 Å². The van der Waals surface area contributed by atoms with Crippen molar-refractivity contribution in [1.82, 2.24) is 5.32 Å². The van der Waals surface area contributed by atoms with E-state index in [1.807, 2.05) is 36.4 Å². The van der Waals surface area contributed by atoms with Crippen LogP contribution in [0.2, 0.25) is 10.0 Å². The second kappa shape index (κ2) is 11.1.